The van der Waals surface area contributed by atoms with Crippen molar-refractivity contribution in [1.82, 2.24) is 9.88 Å². The van der Waals surface area contributed by atoms with E-state index in [1.807, 2.05) is 12.1 Å². The van der Waals surface area contributed by atoms with Gasteiger partial charge in [0.2, 0.25) is 5.88 Å². The van der Waals surface area contributed by atoms with E-state index in [-0.39, 0.29) is 23.6 Å². The first-order valence-electron chi connectivity index (χ1n) is 8.11. The summed E-state index contributed by atoms with van der Waals surface area (Å²) in [5, 5.41) is 0.517. The first-order valence-corrected chi connectivity index (χ1v) is 8.49. The number of hydrogen-bond donors (Lipinski definition) is 0. The average Bonchev–Trinajstić information content (AvgIpc) is 3.10. The summed E-state index contributed by atoms with van der Waals surface area (Å²) in [7, 11) is 0. The van der Waals surface area contributed by atoms with E-state index in [1.165, 1.54) is 12.1 Å². The molecule has 3 rings (SSSR count). The highest BCUT2D eigenvalue weighted by Crippen LogP contribution is 2.27. The maximum absolute atomic E-state index is 12.6. The van der Waals surface area contributed by atoms with E-state index in [2.05, 4.69) is 4.98 Å². The molecule has 1 atom stereocenters. The molecule has 1 aliphatic rings. The summed E-state index contributed by atoms with van der Waals surface area (Å²) >= 11 is 6.08. The van der Waals surface area contributed by atoms with E-state index in [9.17, 15) is 13.6 Å². The van der Waals surface area contributed by atoms with Crippen LogP contribution in [0.4, 0.5) is 8.78 Å². The zero-order valence-corrected chi connectivity index (χ0v) is 14.5. The van der Waals surface area contributed by atoms with E-state index in [1.54, 1.807) is 23.1 Å². The Labute approximate surface area is 154 Å². The Balaban J connectivity index is 1.61. The molecule has 0 N–H and O–H groups in total. The molecule has 0 aliphatic carbocycles. The second-order valence-corrected chi connectivity index (χ2v) is 6.18. The van der Waals surface area contributed by atoms with Gasteiger partial charge in [0.05, 0.1) is 11.6 Å². The van der Waals surface area contributed by atoms with Crippen LogP contribution in [0, 0.1) is 0 Å². The summed E-state index contributed by atoms with van der Waals surface area (Å²) in [5.41, 5.74) is 0.148. The number of halogens is 3. The third-order valence-corrected chi connectivity index (χ3v) is 4.17. The first kappa shape index (κ1) is 18.4. The van der Waals surface area contributed by atoms with Crippen molar-refractivity contribution < 1.29 is 23.0 Å². The second kappa shape index (κ2) is 8.31. The average molecular weight is 383 g/mol. The van der Waals surface area contributed by atoms with Crippen LogP contribution in [0.25, 0.3) is 0 Å². The number of aromatic nitrogens is 1. The van der Waals surface area contributed by atoms with Gasteiger partial charge in [-0.15, -0.1) is 0 Å². The molecule has 1 fully saturated rings. The molecule has 0 bridgehead atoms. The highest BCUT2D eigenvalue weighted by Gasteiger charge is 2.29. The number of benzene rings is 1. The van der Waals surface area contributed by atoms with Crippen molar-refractivity contribution >= 4 is 17.5 Å². The Hall–Kier alpha value is -2.41. The van der Waals surface area contributed by atoms with E-state index < -0.39 is 13.0 Å². The zero-order valence-electron chi connectivity index (χ0n) is 13.8. The van der Waals surface area contributed by atoms with Gasteiger partial charge >= 0.3 is 0 Å². The lowest BCUT2D eigenvalue weighted by atomic mass is 10.3. The SMILES string of the molecule is O=C(c1cccc(OCC(F)F)n1)N1CCC(Oc2ccccc2Cl)C1. The Morgan fingerprint density at radius 2 is 2.08 bits per heavy atom. The van der Waals surface area contributed by atoms with Gasteiger partial charge in [-0.3, -0.25) is 4.79 Å². The lowest BCUT2D eigenvalue weighted by Crippen LogP contribution is -2.31. The zero-order chi connectivity index (χ0) is 18.5. The molecule has 1 unspecified atom stereocenters. The molecule has 1 aromatic carbocycles. The minimum absolute atomic E-state index is 0.000727. The van der Waals surface area contributed by atoms with E-state index in [0.717, 1.165) is 0 Å². The molecule has 2 aromatic rings. The van der Waals surface area contributed by atoms with Crippen LogP contribution in [0.1, 0.15) is 16.9 Å². The minimum atomic E-state index is -2.60. The molecule has 26 heavy (non-hydrogen) atoms. The standard InChI is InChI=1S/C18H17ClF2N2O3/c19-13-4-1-2-6-15(13)26-12-8-9-23(10-12)18(24)14-5-3-7-17(22-14)25-11-16(20)21/h1-7,12,16H,8-11H2. The molecule has 0 radical (unpaired) electrons. The number of hydrogen-bond acceptors (Lipinski definition) is 4. The number of amides is 1. The Morgan fingerprint density at radius 1 is 1.27 bits per heavy atom. The second-order valence-electron chi connectivity index (χ2n) is 5.77. The van der Waals surface area contributed by atoms with Gasteiger partial charge in [0.15, 0.2) is 6.61 Å². The molecule has 8 heteroatoms. The van der Waals surface area contributed by atoms with Crippen molar-refractivity contribution in [2.45, 2.75) is 19.0 Å². The van der Waals surface area contributed by atoms with Gasteiger partial charge in [0.1, 0.15) is 17.5 Å². The van der Waals surface area contributed by atoms with E-state index in [0.29, 0.717) is 30.3 Å². The Bertz CT molecular complexity index is 776. The van der Waals surface area contributed by atoms with Crippen LogP contribution in [-0.4, -0.2) is 48.0 Å². The number of pyridine rings is 1. The number of ether oxygens (including phenoxy) is 2. The highest BCUT2D eigenvalue weighted by molar-refractivity contribution is 6.32. The molecule has 2 heterocycles. The highest BCUT2D eigenvalue weighted by atomic mass is 35.5. The van der Waals surface area contributed by atoms with E-state index in [4.69, 9.17) is 21.1 Å². The lowest BCUT2D eigenvalue weighted by molar-refractivity contribution is 0.0751. The largest absolute Gasteiger partial charge is 0.487 e. The van der Waals surface area contributed by atoms with Crippen LogP contribution >= 0.6 is 11.6 Å². The van der Waals surface area contributed by atoms with Crippen LogP contribution in [-0.2, 0) is 0 Å². The molecular weight excluding hydrogens is 366 g/mol. The topological polar surface area (TPSA) is 51.7 Å². The summed E-state index contributed by atoms with van der Waals surface area (Å²) in [6, 6.07) is 11.7. The number of rotatable bonds is 6. The van der Waals surface area contributed by atoms with Crippen LogP contribution < -0.4 is 9.47 Å². The van der Waals surface area contributed by atoms with Gasteiger partial charge < -0.3 is 14.4 Å². The van der Waals surface area contributed by atoms with Gasteiger partial charge in [-0.05, 0) is 18.2 Å². The van der Waals surface area contributed by atoms with E-state index >= 15 is 0 Å². The summed E-state index contributed by atoms with van der Waals surface area (Å²) in [4.78, 5) is 18.2. The minimum Gasteiger partial charge on any atom is -0.487 e. The van der Waals surface area contributed by atoms with Crippen LogP contribution in [0.5, 0.6) is 11.6 Å². The predicted octanol–water partition coefficient (Wildman–Crippen LogP) is 3.67. The first-order chi connectivity index (χ1) is 12.5. The van der Waals surface area contributed by atoms with Crippen molar-refractivity contribution in [1.29, 1.82) is 0 Å². The Morgan fingerprint density at radius 3 is 2.85 bits per heavy atom. The smallest absolute Gasteiger partial charge is 0.272 e. The van der Waals surface area contributed by atoms with Crippen LogP contribution in [0.3, 0.4) is 0 Å². The van der Waals surface area contributed by atoms with Crippen LogP contribution in [0.15, 0.2) is 42.5 Å². The Kier molecular flexibility index (Phi) is 5.88. The summed E-state index contributed by atoms with van der Waals surface area (Å²) in [5.74, 6) is 0.283. The fraction of sp³-hybridized carbons (Fsp3) is 0.333. The number of nitrogens with zero attached hydrogens (tertiary/aromatic N) is 2. The van der Waals surface area contributed by atoms with Crippen molar-refractivity contribution in [2.24, 2.45) is 0 Å². The maximum Gasteiger partial charge on any atom is 0.272 e. The van der Waals surface area contributed by atoms with Crippen molar-refractivity contribution in [3.05, 3.63) is 53.2 Å². The fourth-order valence-corrected chi connectivity index (χ4v) is 2.83. The number of likely N-dealkylation sites (tertiary alicyclic amines) is 1. The van der Waals surface area contributed by atoms with Crippen molar-refractivity contribution in [3.8, 4) is 11.6 Å². The molecule has 1 aromatic heterocycles. The van der Waals surface area contributed by atoms with Crippen molar-refractivity contribution in [2.75, 3.05) is 19.7 Å². The molecule has 5 nitrogen and oxygen atoms in total. The molecule has 0 spiro atoms. The molecule has 1 amide bonds. The van der Waals surface area contributed by atoms with Crippen molar-refractivity contribution in [3.63, 3.8) is 0 Å². The summed E-state index contributed by atoms with van der Waals surface area (Å²) in [6.07, 6.45) is -2.10. The third-order valence-electron chi connectivity index (χ3n) is 3.86. The molecule has 1 saturated heterocycles. The monoisotopic (exact) mass is 382 g/mol. The predicted molar refractivity (Wildman–Crippen MR) is 92.1 cm³/mol. The molecule has 1 aliphatic heterocycles. The fourth-order valence-electron chi connectivity index (χ4n) is 2.65. The number of carbonyl (C=O) groups excluding carboxylic acids is 1. The quantitative estimate of drug-likeness (QED) is 0.765. The van der Waals surface area contributed by atoms with Gasteiger partial charge in [-0.25, -0.2) is 13.8 Å². The maximum atomic E-state index is 12.6. The van der Waals surface area contributed by atoms with Crippen LogP contribution in [0.2, 0.25) is 5.02 Å². The number of alkyl halides is 2. The summed E-state index contributed by atoms with van der Waals surface area (Å²) < 4.78 is 35.2. The lowest BCUT2D eigenvalue weighted by Gasteiger charge is -2.17. The number of carbonyl (C=O) groups is 1. The molecular formula is C18H17ClF2N2O3. The third kappa shape index (κ3) is 4.60. The van der Waals surface area contributed by atoms with Gasteiger partial charge in [0, 0.05) is 19.0 Å². The molecule has 138 valence electrons. The summed E-state index contributed by atoms with van der Waals surface area (Å²) in [6.45, 7) is 0.147. The van der Waals surface area contributed by atoms with Gasteiger partial charge in [0.25, 0.3) is 12.3 Å². The number of para-hydroxylation sites is 1. The normalized spacial score (nSPS) is 16.8. The van der Waals surface area contributed by atoms with Gasteiger partial charge in [-0.2, -0.15) is 0 Å². The van der Waals surface area contributed by atoms with Gasteiger partial charge in [-0.1, -0.05) is 29.8 Å². The molecule has 0 saturated carbocycles.